The van der Waals surface area contributed by atoms with Crippen molar-refractivity contribution in [3.8, 4) is 0 Å². The van der Waals surface area contributed by atoms with Crippen LogP contribution in [0.3, 0.4) is 0 Å². The van der Waals surface area contributed by atoms with Crippen LogP contribution in [0.25, 0.3) is 0 Å². The predicted octanol–water partition coefficient (Wildman–Crippen LogP) is 4.07. The van der Waals surface area contributed by atoms with Crippen molar-refractivity contribution in [1.29, 1.82) is 0 Å². The van der Waals surface area contributed by atoms with E-state index in [-0.39, 0.29) is 11.8 Å². The Morgan fingerprint density at radius 1 is 1.15 bits per heavy atom. The first-order valence-electron chi connectivity index (χ1n) is 9.55. The molecule has 1 aromatic heterocycles. The third-order valence-corrected chi connectivity index (χ3v) is 5.85. The summed E-state index contributed by atoms with van der Waals surface area (Å²) in [4.78, 5) is 25.0. The highest BCUT2D eigenvalue weighted by molar-refractivity contribution is 6.34. The fraction of sp³-hybridized carbons (Fsp3) is 0.500. The van der Waals surface area contributed by atoms with E-state index in [1.165, 1.54) is 19.3 Å². The van der Waals surface area contributed by atoms with Gasteiger partial charge >= 0.3 is 0 Å². The Morgan fingerprint density at radius 3 is 2.77 bits per heavy atom. The Balaban J connectivity index is 1.53. The van der Waals surface area contributed by atoms with Crippen molar-refractivity contribution in [1.82, 2.24) is 14.9 Å². The number of hydrogen-bond donors (Lipinski definition) is 1. The number of H-pyrrole nitrogens is 1. The monoisotopic (exact) mass is 372 g/mol. The van der Waals surface area contributed by atoms with E-state index in [2.05, 4.69) is 14.9 Å². The van der Waals surface area contributed by atoms with E-state index in [4.69, 9.17) is 11.6 Å². The molecule has 4 rings (SSSR count). The fourth-order valence-corrected chi connectivity index (χ4v) is 4.28. The minimum Gasteiger partial charge on any atom is -0.372 e. The van der Waals surface area contributed by atoms with Gasteiger partial charge in [-0.1, -0.05) is 11.6 Å². The largest absolute Gasteiger partial charge is 0.372 e. The van der Waals surface area contributed by atoms with Gasteiger partial charge in [0, 0.05) is 50.2 Å². The number of rotatable bonds is 3. The molecule has 2 saturated heterocycles. The number of nitrogens with one attached hydrogen (secondary N) is 1. The highest BCUT2D eigenvalue weighted by Crippen LogP contribution is 2.30. The molecule has 0 saturated carbocycles. The second-order valence-electron chi connectivity index (χ2n) is 7.28. The Labute approximate surface area is 159 Å². The molecule has 3 heterocycles. The second kappa shape index (κ2) is 7.70. The van der Waals surface area contributed by atoms with Crippen LogP contribution < -0.4 is 4.90 Å². The summed E-state index contributed by atoms with van der Waals surface area (Å²) in [5.41, 5.74) is 1.73. The van der Waals surface area contributed by atoms with Crippen LogP contribution in [0.2, 0.25) is 5.02 Å². The molecule has 1 atom stereocenters. The van der Waals surface area contributed by atoms with Gasteiger partial charge in [0.1, 0.15) is 5.82 Å². The van der Waals surface area contributed by atoms with Gasteiger partial charge in [0.25, 0.3) is 5.91 Å². The summed E-state index contributed by atoms with van der Waals surface area (Å²) in [6.07, 6.45) is 9.37. The first-order valence-corrected chi connectivity index (χ1v) is 9.93. The fourth-order valence-electron chi connectivity index (χ4n) is 4.08. The van der Waals surface area contributed by atoms with Crippen LogP contribution in [0.5, 0.6) is 0 Å². The average Bonchev–Trinajstić information content (AvgIpc) is 3.23. The highest BCUT2D eigenvalue weighted by atomic mass is 35.5. The summed E-state index contributed by atoms with van der Waals surface area (Å²) in [5.74, 6) is 1.27. The zero-order valence-electron chi connectivity index (χ0n) is 15.0. The molecule has 2 aliphatic heterocycles. The molecule has 0 bridgehead atoms. The molecule has 0 spiro atoms. The quantitative estimate of drug-likeness (QED) is 0.883. The van der Waals surface area contributed by atoms with Crippen LogP contribution in [-0.4, -0.2) is 47.0 Å². The molecular weight excluding hydrogens is 348 g/mol. The number of carbonyl (C=O) groups excluding carboxylic acids is 1. The van der Waals surface area contributed by atoms with E-state index in [9.17, 15) is 4.79 Å². The number of carbonyl (C=O) groups is 1. The zero-order valence-corrected chi connectivity index (χ0v) is 15.7. The molecular formula is C20H25ClN4O. The highest BCUT2D eigenvalue weighted by Gasteiger charge is 2.28. The molecule has 0 radical (unpaired) electrons. The van der Waals surface area contributed by atoms with Crippen LogP contribution in [0.15, 0.2) is 30.6 Å². The molecule has 138 valence electrons. The Hall–Kier alpha value is -2.01. The van der Waals surface area contributed by atoms with Crippen LogP contribution in [-0.2, 0) is 0 Å². The first-order chi connectivity index (χ1) is 12.7. The van der Waals surface area contributed by atoms with E-state index in [0.29, 0.717) is 17.1 Å². The zero-order chi connectivity index (χ0) is 17.9. The van der Waals surface area contributed by atoms with Crippen molar-refractivity contribution < 1.29 is 4.79 Å². The Bertz CT molecular complexity index is 755. The van der Waals surface area contributed by atoms with Crippen molar-refractivity contribution in [2.24, 2.45) is 0 Å². The molecule has 5 nitrogen and oxygen atoms in total. The molecule has 2 aromatic rings. The smallest absolute Gasteiger partial charge is 0.255 e. The van der Waals surface area contributed by atoms with Crippen LogP contribution in [0.1, 0.15) is 54.2 Å². The Kier molecular flexibility index (Phi) is 5.16. The lowest BCUT2D eigenvalue weighted by Crippen LogP contribution is -2.39. The van der Waals surface area contributed by atoms with Crippen molar-refractivity contribution in [3.63, 3.8) is 0 Å². The number of halogens is 1. The van der Waals surface area contributed by atoms with Crippen LogP contribution in [0.4, 0.5) is 5.69 Å². The number of aromatic amines is 1. The number of likely N-dealkylation sites (tertiary alicyclic amines) is 1. The van der Waals surface area contributed by atoms with Gasteiger partial charge in [-0.25, -0.2) is 4.98 Å². The minimum absolute atomic E-state index is 0.0325. The van der Waals surface area contributed by atoms with Gasteiger partial charge < -0.3 is 14.8 Å². The Morgan fingerprint density at radius 2 is 2.00 bits per heavy atom. The first kappa shape index (κ1) is 17.4. The number of hydrogen-bond acceptors (Lipinski definition) is 3. The molecule has 0 unspecified atom stereocenters. The van der Waals surface area contributed by atoms with E-state index in [1.54, 1.807) is 6.20 Å². The number of anilines is 1. The van der Waals surface area contributed by atoms with Crippen LogP contribution >= 0.6 is 11.6 Å². The maximum absolute atomic E-state index is 13.2. The number of amides is 1. The number of piperidine rings is 2. The number of benzene rings is 1. The van der Waals surface area contributed by atoms with Gasteiger partial charge in [-0.3, -0.25) is 4.79 Å². The summed E-state index contributed by atoms with van der Waals surface area (Å²) < 4.78 is 0. The number of nitrogens with zero attached hydrogens (tertiary/aromatic N) is 3. The summed E-state index contributed by atoms with van der Waals surface area (Å²) in [6, 6.07) is 5.88. The summed E-state index contributed by atoms with van der Waals surface area (Å²) in [6.45, 7) is 3.58. The molecule has 1 aromatic carbocycles. The molecule has 0 aliphatic carbocycles. The maximum Gasteiger partial charge on any atom is 0.255 e. The van der Waals surface area contributed by atoms with Crippen molar-refractivity contribution in [3.05, 3.63) is 47.0 Å². The number of imidazole rings is 1. The third-order valence-electron chi connectivity index (χ3n) is 5.52. The summed E-state index contributed by atoms with van der Waals surface area (Å²) in [7, 11) is 0. The van der Waals surface area contributed by atoms with Gasteiger partial charge in [0.05, 0.1) is 10.6 Å². The lowest BCUT2D eigenvalue weighted by atomic mass is 9.96. The average molecular weight is 373 g/mol. The van der Waals surface area contributed by atoms with E-state index >= 15 is 0 Å². The van der Waals surface area contributed by atoms with Crippen molar-refractivity contribution in [2.45, 2.75) is 38.0 Å². The van der Waals surface area contributed by atoms with Gasteiger partial charge in [-0.15, -0.1) is 0 Å². The molecule has 2 fully saturated rings. The van der Waals surface area contributed by atoms with Gasteiger partial charge in [-0.05, 0) is 50.3 Å². The SMILES string of the molecule is O=C(c1cc(N2CCCCC2)ccc1Cl)N1CCC[C@H](c2ncc[nH]2)C1. The maximum atomic E-state index is 13.2. The molecule has 2 aliphatic rings. The van der Waals surface area contributed by atoms with Gasteiger partial charge in [0.2, 0.25) is 0 Å². The second-order valence-corrected chi connectivity index (χ2v) is 7.68. The predicted molar refractivity (Wildman–Crippen MR) is 104 cm³/mol. The molecule has 26 heavy (non-hydrogen) atoms. The number of aromatic nitrogens is 2. The van der Waals surface area contributed by atoms with Crippen molar-refractivity contribution >= 4 is 23.2 Å². The molecule has 1 amide bonds. The lowest BCUT2D eigenvalue weighted by Gasteiger charge is -2.33. The lowest BCUT2D eigenvalue weighted by molar-refractivity contribution is 0.0705. The minimum atomic E-state index is 0.0325. The topological polar surface area (TPSA) is 52.2 Å². The van der Waals surface area contributed by atoms with E-state index in [1.807, 2.05) is 29.3 Å². The van der Waals surface area contributed by atoms with Gasteiger partial charge in [0.15, 0.2) is 0 Å². The van der Waals surface area contributed by atoms with Crippen molar-refractivity contribution in [2.75, 3.05) is 31.1 Å². The van der Waals surface area contributed by atoms with E-state index < -0.39 is 0 Å². The normalized spacial score (nSPS) is 21.0. The standard InChI is InChI=1S/C20H25ClN4O/c21-18-7-6-16(24-10-2-1-3-11-24)13-17(18)20(26)25-12-4-5-15(14-25)19-22-8-9-23-19/h6-9,13,15H,1-5,10-12,14H2,(H,22,23)/t15-/m0/s1. The molecule has 6 heteroatoms. The third kappa shape index (κ3) is 3.58. The van der Waals surface area contributed by atoms with E-state index in [0.717, 1.165) is 44.0 Å². The summed E-state index contributed by atoms with van der Waals surface area (Å²) in [5, 5.41) is 0.538. The van der Waals surface area contributed by atoms with Crippen LogP contribution in [0, 0.1) is 0 Å². The summed E-state index contributed by atoms with van der Waals surface area (Å²) >= 11 is 6.40. The molecule has 1 N–H and O–H groups in total. The van der Waals surface area contributed by atoms with Gasteiger partial charge in [-0.2, -0.15) is 0 Å².